The van der Waals surface area contributed by atoms with Crippen LogP contribution < -0.4 is 9.64 Å². The average molecular weight is 510 g/mol. The van der Waals surface area contributed by atoms with Gasteiger partial charge in [0.1, 0.15) is 5.75 Å². The van der Waals surface area contributed by atoms with Gasteiger partial charge in [0.05, 0.1) is 34.5 Å². The molecule has 0 bridgehead atoms. The number of aryl methyl sites for hydroxylation is 2. The predicted molar refractivity (Wildman–Crippen MR) is 139 cm³/mol. The fourth-order valence-electron chi connectivity index (χ4n) is 3.67. The van der Waals surface area contributed by atoms with E-state index in [1.54, 1.807) is 29.4 Å². The van der Waals surface area contributed by atoms with Crippen LogP contribution in [0.2, 0.25) is 0 Å². The molecule has 182 valence electrons. The Kier molecular flexibility index (Phi) is 7.47. The van der Waals surface area contributed by atoms with Gasteiger partial charge in [-0.3, -0.25) is 14.7 Å². The van der Waals surface area contributed by atoms with Gasteiger partial charge in [-0.15, -0.1) is 0 Å². The summed E-state index contributed by atoms with van der Waals surface area (Å²) in [7, 11) is -1.98. The molecular weight excluding hydrogens is 482 g/mol. The van der Waals surface area contributed by atoms with E-state index < -0.39 is 9.84 Å². The minimum absolute atomic E-state index is 0.0869. The molecule has 0 aliphatic heterocycles. The molecule has 0 radical (unpaired) electrons. The number of pyridine rings is 1. The van der Waals surface area contributed by atoms with Crippen molar-refractivity contribution in [2.45, 2.75) is 38.1 Å². The highest BCUT2D eigenvalue weighted by atomic mass is 32.2. The van der Waals surface area contributed by atoms with E-state index in [1.165, 1.54) is 36.1 Å². The highest BCUT2D eigenvalue weighted by Crippen LogP contribution is 2.32. The first-order valence-corrected chi connectivity index (χ1v) is 13.7. The molecule has 2 aromatic heterocycles. The molecule has 0 saturated heterocycles. The van der Waals surface area contributed by atoms with Gasteiger partial charge in [-0.2, -0.15) is 0 Å². The van der Waals surface area contributed by atoms with Gasteiger partial charge in [0, 0.05) is 18.8 Å². The summed E-state index contributed by atoms with van der Waals surface area (Å²) in [6.45, 7) is 4.40. The van der Waals surface area contributed by atoms with Gasteiger partial charge in [-0.1, -0.05) is 17.4 Å². The van der Waals surface area contributed by atoms with E-state index in [-0.39, 0.29) is 29.4 Å². The molecule has 0 spiro atoms. The molecule has 0 N–H and O–H groups in total. The van der Waals surface area contributed by atoms with Crippen LogP contribution in [0.3, 0.4) is 0 Å². The predicted octanol–water partition coefficient (Wildman–Crippen LogP) is 5.10. The van der Waals surface area contributed by atoms with Gasteiger partial charge >= 0.3 is 0 Å². The van der Waals surface area contributed by atoms with Crippen molar-refractivity contribution in [3.05, 3.63) is 77.6 Å². The Labute approximate surface area is 209 Å². The molecule has 9 heteroatoms. The van der Waals surface area contributed by atoms with Crippen LogP contribution in [0.25, 0.3) is 10.2 Å². The number of carbonyl (C=O) groups excluding carboxylic acids is 1. The van der Waals surface area contributed by atoms with E-state index in [0.29, 0.717) is 17.4 Å². The molecule has 7 nitrogen and oxygen atoms in total. The highest BCUT2D eigenvalue weighted by Gasteiger charge is 2.22. The summed E-state index contributed by atoms with van der Waals surface area (Å²) in [5.74, 6) is 0.294. The Balaban J connectivity index is 1.52. The van der Waals surface area contributed by atoms with Gasteiger partial charge in [-0.25, -0.2) is 13.4 Å². The van der Waals surface area contributed by atoms with E-state index in [2.05, 4.69) is 18.0 Å². The lowest BCUT2D eigenvalue weighted by molar-refractivity contribution is -0.118. The second-order valence-corrected chi connectivity index (χ2v) is 11.5. The third kappa shape index (κ3) is 5.86. The number of ether oxygens (including phenoxy) is 1. The van der Waals surface area contributed by atoms with Crippen LogP contribution in [0, 0.1) is 13.8 Å². The maximum absolute atomic E-state index is 13.3. The van der Waals surface area contributed by atoms with E-state index in [1.807, 2.05) is 25.1 Å². The van der Waals surface area contributed by atoms with E-state index in [4.69, 9.17) is 9.72 Å². The molecule has 4 aromatic rings. The minimum atomic E-state index is -3.51. The lowest BCUT2D eigenvalue weighted by atomic mass is 10.1. The number of amides is 1. The smallest absolute Gasteiger partial charge is 0.229 e. The van der Waals surface area contributed by atoms with Crippen LogP contribution in [0.5, 0.6) is 5.75 Å². The molecule has 0 saturated carbocycles. The molecule has 0 atom stereocenters. The van der Waals surface area contributed by atoms with Crippen LogP contribution in [-0.2, 0) is 21.2 Å². The molecule has 0 aliphatic rings. The summed E-state index contributed by atoms with van der Waals surface area (Å²) in [5, 5.41) is 0.594. The van der Waals surface area contributed by atoms with Crippen molar-refractivity contribution in [2.24, 2.45) is 0 Å². The first-order valence-electron chi connectivity index (χ1n) is 11.2. The number of benzene rings is 2. The van der Waals surface area contributed by atoms with Crippen molar-refractivity contribution in [1.82, 2.24) is 9.97 Å². The fraction of sp³-hybridized carbons (Fsp3) is 0.269. The van der Waals surface area contributed by atoms with Crippen LogP contribution in [-0.4, -0.2) is 37.2 Å². The van der Waals surface area contributed by atoms with Crippen LogP contribution >= 0.6 is 11.3 Å². The quantitative estimate of drug-likeness (QED) is 0.312. The third-order valence-corrected chi connectivity index (χ3v) is 8.67. The summed E-state index contributed by atoms with van der Waals surface area (Å²) in [5.41, 5.74) is 4.03. The molecule has 2 aromatic carbocycles. The van der Waals surface area contributed by atoms with Crippen molar-refractivity contribution in [1.29, 1.82) is 0 Å². The number of rotatable bonds is 9. The lowest BCUT2D eigenvalue weighted by Crippen LogP contribution is -2.30. The number of hydrogen-bond donors (Lipinski definition) is 0. The van der Waals surface area contributed by atoms with Crippen molar-refractivity contribution in [2.75, 3.05) is 17.8 Å². The number of aromatic nitrogens is 2. The monoisotopic (exact) mass is 509 g/mol. The lowest BCUT2D eigenvalue weighted by Gasteiger charge is -2.20. The molecule has 0 aliphatic carbocycles. The largest absolute Gasteiger partial charge is 0.497 e. The molecule has 35 heavy (non-hydrogen) atoms. The topological polar surface area (TPSA) is 89.5 Å². The van der Waals surface area contributed by atoms with Gasteiger partial charge < -0.3 is 4.74 Å². The first kappa shape index (κ1) is 24.8. The number of methoxy groups -OCH3 is 1. The normalized spacial score (nSPS) is 11.5. The number of carbonyl (C=O) groups is 1. The molecule has 1 amide bonds. The van der Waals surface area contributed by atoms with Gasteiger partial charge in [0.2, 0.25) is 5.91 Å². The number of hydrogen-bond acceptors (Lipinski definition) is 7. The van der Waals surface area contributed by atoms with Crippen LogP contribution in [0.4, 0.5) is 5.13 Å². The molecular formula is C26H27N3O4S2. The Bertz CT molecular complexity index is 1390. The second kappa shape index (κ2) is 10.5. The van der Waals surface area contributed by atoms with Crippen molar-refractivity contribution >= 4 is 42.4 Å². The Morgan fingerprint density at radius 1 is 1.09 bits per heavy atom. The van der Waals surface area contributed by atoms with Crippen molar-refractivity contribution < 1.29 is 17.9 Å². The van der Waals surface area contributed by atoms with Gasteiger partial charge in [0.15, 0.2) is 15.0 Å². The first-order chi connectivity index (χ1) is 16.8. The van der Waals surface area contributed by atoms with Gasteiger partial charge in [-0.05, 0) is 79.4 Å². The number of nitrogens with zero attached hydrogens (tertiary/aromatic N) is 3. The van der Waals surface area contributed by atoms with Gasteiger partial charge in [0.25, 0.3) is 0 Å². The van der Waals surface area contributed by atoms with Crippen molar-refractivity contribution in [3.8, 4) is 5.75 Å². The highest BCUT2D eigenvalue weighted by molar-refractivity contribution is 7.91. The van der Waals surface area contributed by atoms with Crippen LogP contribution in [0.15, 0.2) is 65.8 Å². The minimum Gasteiger partial charge on any atom is -0.497 e. The Morgan fingerprint density at radius 3 is 2.51 bits per heavy atom. The molecule has 4 rings (SSSR count). The fourth-order valence-corrected chi connectivity index (χ4v) is 6.04. The van der Waals surface area contributed by atoms with Crippen LogP contribution in [0.1, 0.15) is 29.5 Å². The van der Waals surface area contributed by atoms with E-state index in [0.717, 1.165) is 21.3 Å². The number of sulfone groups is 1. The maximum Gasteiger partial charge on any atom is 0.229 e. The SMILES string of the molecule is COc1ccc(S(=O)(=O)CCCC(=O)N(Cc2cccnc2)c2nc3cc(C)c(C)cc3s2)cc1. The zero-order valence-corrected chi connectivity index (χ0v) is 21.5. The number of fused-ring (bicyclic) bond motifs is 1. The average Bonchev–Trinajstić information content (AvgIpc) is 3.25. The van der Waals surface area contributed by atoms with E-state index in [9.17, 15) is 13.2 Å². The molecule has 2 heterocycles. The third-order valence-electron chi connectivity index (χ3n) is 5.81. The standard InChI is InChI=1S/C26H27N3O4S2/c1-18-14-23-24(15-19(18)2)34-26(28-23)29(17-20-6-4-12-27-16-20)25(30)7-5-13-35(31,32)22-10-8-21(33-3)9-11-22/h4,6,8-12,14-16H,5,7,13,17H2,1-3H3. The summed E-state index contributed by atoms with van der Waals surface area (Å²) in [4.78, 5) is 24.1. The zero-order chi connectivity index (χ0) is 25.0. The van der Waals surface area contributed by atoms with Crippen molar-refractivity contribution in [3.63, 3.8) is 0 Å². The number of thiazole rings is 1. The molecule has 0 unspecified atom stereocenters. The maximum atomic E-state index is 13.3. The second-order valence-electron chi connectivity index (χ2n) is 8.34. The molecule has 0 fully saturated rings. The zero-order valence-electron chi connectivity index (χ0n) is 19.9. The Hall–Kier alpha value is -3.30. The van der Waals surface area contributed by atoms with E-state index >= 15 is 0 Å². The Morgan fingerprint density at radius 2 is 1.83 bits per heavy atom. The number of anilines is 1. The summed E-state index contributed by atoms with van der Waals surface area (Å²) >= 11 is 1.46. The summed E-state index contributed by atoms with van der Waals surface area (Å²) < 4.78 is 31.6. The summed E-state index contributed by atoms with van der Waals surface area (Å²) in [6, 6.07) is 14.1. The summed E-state index contributed by atoms with van der Waals surface area (Å²) in [6.07, 6.45) is 3.70.